The molecule has 1 unspecified atom stereocenters. The van der Waals surface area contributed by atoms with E-state index >= 15 is 0 Å². The molecule has 0 aromatic heterocycles. The first-order chi connectivity index (χ1) is 11.5. The molecule has 1 heterocycles. The highest BCUT2D eigenvalue weighted by Crippen LogP contribution is 2.30. The smallest absolute Gasteiger partial charge is 0.335 e. The molecular formula is C18H15NO5. The summed E-state index contributed by atoms with van der Waals surface area (Å²) < 4.78 is 5.36. The molecule has 0 fully saturated rings. The van der Waals surface area contributed by atoms with Crippen LogP contribution in [0.25, 0.3) is 0 Å². The molecule has 2 aromatic carbocycles. The normalized spacial score (nSPS) is 18.0. The van der Waals surface area contributed by atoms with Crippen molar-refractivity contribution >= 4 is 17.4 Å². The van der Waals surface area contributed by atoms with Crippen LogP contribution < -0.4 is 10.1 Å². The molecule has 1 atom stereocenters. The number of carbonyl (C=O) groups is 2. The van der Waals surface area contributed by atoms with Crippen LogP contribution >= 0.6 is 0 Å². The van der Waals surface area contributed by atoms with Gasteiger partial charge in [-0.25, -0.2) is 4.79 Å². The fourth-order valence-corrected chi connectivity index (χ4v) is 2.38. The first kappa shape index (κ1) is 15.8. The zero-order chi connectivity index (χ0) is 17.3. The van der Waals surface area contributed by atoms with E-state index in [1.807, 2.05) is 6.92 Å². The Bertz CT molecular complexity index is 839. The zero-order valence-corrected chi connectivity index (χ0v) is 12.8. The molecule has 0 radical (unpaired) electrons. The van der Waals surface area contributed by atoms with Crippen LogP contribution in [0.4, 0.5) is 5.69 Å². The van der Waals surface area contributed by atoms with Gasteiger partial charge in [0.1, 0.15) is 5.75 Å². The van der Waals surface area contributed by atoms with E-state index in [0.29, 0.717) is 17.0 Å². The molecule has 1 aliphatic rings. The van der Waals surface area contributed by atoms with Crippen molar-refractivity contribution in [1.82, 2.24) is 0 Å². The van der Waals surface area contributed by atoms with Crippen LogP contribution in [0.2, 0.25) is 0 Å². The van der Waals surface area contributed by atoms with E-state index in [1.165, 1.54) is 18.3 Å². The Hall–Kier alpha value is -3.12. The predicted molar refractivity (Wildman–Crippen MR) is 87.3 cm³/mol. The average molecular weight is 325 g/mol. The van der Waals surface area contributed by atoms with Gasteiger partial charge in [-0.1, -0.05) is 11.6 Å². The lowest BCUT2D eigenvalue weighted by atomic mass is 9.98. The topological polar surface area (TPSA) is 95.9 Å². The van der Waals surface area contributed by atoms with E-state index < -0.39 is 12.3 Å². The molecule has 24 heavy (non-hydrogen) atoms. The van der Waals surface area contributed by atoms with Crippen molar-refractivity contribution in [2.24, 2.45) is 0 Å². The van der Waals surface area contributed by atoms with Crippen LogP contribution in [0.15, 0.2) is 54.2 Å². The minimum absolute atomic E-state index is 0.0791. The minimum Gasteiger partial charge on any atom is -0.478 e. The summed E-state index contributed by atoms with van der Waals surface area (Å²) in [5, 5.41) is 21.8. The zero-order valence-electron chi connectivity index (χ0n) is 12.8. The third-order valence-corrected chi connectivity index (χ3v) is 3.67. The highest BCUT2D eigenvalue weighted by atomic mass is 16.6. The number of benzene rings is 2. The van der Waals surface area contributed by atoms with Crippen molar-refractivity contribution in [1.29, 1.82) is 0 Å². The minimum atomic E-state index is -1.36. The van der Waals surface area contributed by atoms with Crippen molar-refractivity contribution in [3.63, 3.8) is 0 Å². The van der Waals surface area contributed by atoms with E-state index in [1.54, 1.807) is 30.3 Å². The number of ketones is 1. The second kappa shape index (κ2) is 6.17. The number of carboxylic acid groups (broad SMARTS) is 1. The molecule has 6 heteroatoms. The molecule has 0 amide bonds. The summed E-state index contributed by atoms with van der Waals surface area (Å²) in [6, 6.07) is 11.2. The summed E-state index contributed by atoms with van der Waals surface area (Å²) >= 11 is 0. The molecular weight excluding hydrogens is 310 g/mol. The fraction of sp³-hybridized carbons (Fsp3) is 0.111. The van der Waals surface area contributed by atoms with Crippen molar-refractivity contribution in [2.45, 2.75) is 13.2 Å². The Morgan fingerprint density at radius 1 is 1.21 bits per heavy atom. The molecule has 3 rings (SSSR count). The molecule has 0 spiro atoms. The number of carbonyl (C=O) groups excluding carboxylic acids is 1. The summed E-state index contributed by atoms with van der Waals surface area (Å²) in [5.41, 5.74) is 2.14. The third-order valence-electron chi connectivity index (χ3n) is 3.67. The lowest BCUT2D eigenvalue weighted by Gasteiger charge is -2.24. The third kappa shape index (κ3) is 3.00. The maximum Gasteiger partial charge on any atom is 0.335 e. The van der Waals surface area contributed by atoms with E-state index in [4.69, 9.17) is 9.84 Å². The number of aryl methyl sites for hydroxylation is 1. The number of hydrogen-bond acceptors (Lipinski definition) is 5. The van der Waals surface area contributed by atoms with Gasteiger partial charge in [0.25, 0.3) is 0 Å². The Morgan fingerprint density at radius 3 is 2.58 bits per heavy atom. The average Bonchev–Trinajstić information content (AvgIpc) is 2.56. The predicted octanol–water partition coefficient (Wildman–Crippen LogP) is 2.58. The highest BCUT2D eigenvalue weighted by molar-refractivity contribution is 6.12. The maximum atomic E-state index is 12.5. The first-order valence-corrected chi connectivity index (χ1v) is 7.26. The van der Waals surface area contributed by atoms with Gasteiger partial charge >= 0.3 is 5.97 Å². The van der Waals surface area contributed by atoms with Gasteiger partial charge < -0.3 is 20.3 Å². The maximum absolute atomic E-state index is 12.5. The highest BCUT2D eigenvalue weighted by Gasteiger charge is 2.30. The van der Waals surface area contributed by atoms with Gasteiger partial charge in [0.15, 0.2) is 5.78 Å². The molecule has 0 saturated carbocycles. The number of anilines is 1. The number of hydrogen-bond donors (Lipinski definition) is 3. The number of aliphatic hydroxyl groups is 1. The quantitative estimate of drug-likeness (QED) is 0.751. The molecule has 1 aliphatic heterocycles. The van der Waals surface area contributed by atoms with Gasteiger partial charge in [0, 0.05) is 11.9 Å². The van der Waals surface area contributed by atoms with Crippen LogP contribution in [0.1, 0.15) is 26.3 Å². The molecule has 0 saturated heterocycles. The molecule has 2 aromatic rings. The Morgan fingerprint density at radius 2 is 1.92 bits per heavy atom. The van der Waals surface area contributed by atoms with Crippen LogP contribution in [0.5, 0.6) is 5.75 Å². The van der Waals surface area contributed by atoms with Gasteiger partial charge in [-0.15, -0.1) is 0 Å². The first-order valence-electron chi connectivity index (χ1n) is 7.26. The lowest BCUT2D eigenvalue weighted by molar-refractivity contribution is 0.00781. The number of aliphatic hydroxyl groups excluding tert-OH is 1. The second-order valence-corrected chi connectivity index (χ2v) is 5.43. The van der Waals surface area contributed by atoms with Crippen LogP contribution in [0, 0.1) is 6.92 Å². The van der Waals surface area contributed by atoms with Crippen molar-refractivity contribution < 1.29 is 24.5 Å². The number of ether oxygens (including phenoxy) is 1. The van der Waals surface area contributed by atoms with E-state index in [2.05, 4.69) is 5.32 Å². The van der Waals surface area contributed by atoms with E-state index in [-0.39, 0.29) is 16.9 Å². The number of rotatable bonds is 3. The molecule has 3 N–H and O–H groups in total. The fourth-order valence-electron chi connectivity index (χ4n) is 2.38. The van der Waals surface area contributed by atoms with Gasteiger partial charge in [-0.3, -0.25) is 4.79 Å². The van der Waals surface area contributed by atoms with Crippen LogP contribution in [0.3, 0.4) is 0 Å². The summed E-state index contributed by atoms with van der Waals surface area (Å²) in [4.78, 5) is 23.3. The van der Waals surface area contributed by atoms with Gasteiger partial charge in [0.05, 0.1) is 16.7 Å². The SMILES string of the molecule is Cc1ccc2c(c1)C(=O)/C(=C\Nc1ccc(C(=O)O)cc1)C(O)O2. The number of nitrogens with one attached hydrogen (secondary N) is 1. The molecule has 0 bridgehead atoms. The lowest BCUT2D eigenvalue weighted by Crippen LogP contribution is -2.30. The van der Waals surface area contributed by atoms with Gasteiger partial charge in [0.2, 0.25) is 6.29 Å². The number of aromatic carboxylic acids is 1. The number of carboxylic acids is 1. The summed E-state index contributed by atoms with van der Waals surface area (Å²) in [6.45, 7) is 1.87. The Kier molecular flexibility index (Phi) is 4.05. The van der Waals surface area contributed by atoms with E-state index in [0.717, 1.165) is 5.56 Å². The second-order valence-electron chi connectivity index (χ2n) is 5.43. The van der Waals surface area contributed by atoms with Gasteiger partial charge in [-0.2, -0.15) is 0 Å². The van der Waals surface area contributed by atoms with Crippen LogP contribution in [-0.4, -0.2) is 28.3 Å². The Labute approximate surface area is 138 Å². The summed E-state index contributed by atoms with van der Waals surface area (Å²) in [7, 11) is 0. The van der Waals surface area contributed by atoms with Crippen molar-refractivity contribution in [2.75, 3.05) is 5.32 Å². The Balaban J connectivity index is 1.84. The summed E-state index contributed by atoms with van der Waals surface area (Å²) in [5.74, 6) is -0.985. The molecule has 122 valence electrons. The van der Waals surface area contributed by atoms with Gasteiger partial charge in [-0.05, 0) is 43.3 Å². The van der Waals surface area contributed by atoms with Crippen molar-refractivity contribution in [3.05, 3.63) is 70.9 Å². The summed E-state index contributed by atoms with van der Waals surface area (Å²) in [6.07, 6.45) is 0.00659. The number of Topliss-reactive ketones (excluding diaryl/α,β-unsaturated/α-hetero) is 1. The molecule has 0 aliphatic carbocycles. The van der Waals surface area contributed by atoms with Crippen LogP contribution in [-0.2, 0) is 0 Å². The molecule has 6 nitrogen and oxygen atoms in total. The van der Waals surface area contributed by atoms with E-state index in [9.17, 15) is 14.7 Å². The standard InChI is InChI=1S/C18H15NO5/c1-10-2-7-15-13(8-10)16(20)14(18(23)24-15)9-19-12-5-3-11(4-6-12)17(21)22/h2-9,18-19,23H,1H3,(H,21,22)/b14-9+. The van der Waals surface area contributed by atoms with Crippen molar-refractivity contribution in [3.8, 4) is 5.75 Å². The largest absolute Gasteiger partial charge is 0.478 e. The monoisotopic (exact) mass is 325 g/mol. The number of fused-ring (bicyclic) bond motifs is 1.